The number of rotatable bonds is 4. The number of carbonyl (C=O) groups is 2. The Morgan fingerprint density at radius 3 is 2.25 bits per heavy atom. The molecule has 0 aliphatic rings. The Bertz CT molecular complexity index is 514. The zero-order chi connectivity index (χ0) is 15.4. The number of urea groups is 1. The number of halogens is 3. The maximum atomic E-state index is 13.0. The van der Waals surface area contributed by atoms with Gasteiger partial charge >= 0.3 is 12.0 Å². The van der Waals surface area contributed by atoms with Crippen LogP contribution in [0.4, 0.5) is 14.9 Å². The summed E-state index contributed by atoms with van der Waals surface area (Å²) in [5.41, 5.74) is 0.0378. The Labute approximate surface area is 125 Å². The molecule has 0 aromatic heterocycles. The molecule has 0 aliphatic heterocycles. The number of carboxylic acids is 1. The second kappa shape index (κ2) is 6.76. The van der Waals surface area contributed by atoms with Crippen LogP contribution in [0.25, 0.3) is 0 Å². The fourth-order valence-corrected chi connectivity index (χ4v) is 2.03. The third-order valence-corrected chi connectivity index (χ3v) is 3.02. The van der Waals surface area contributed by atoms with Gasteiger partial charge in [0.15, 0.2) is 0 Å². The number of nitrogens with zero attached hydrogens (tertiary/aromatic N) is 1. The summed E-state index contributed by atoms with van der Waals surface area (Å²) in [6, 6.07) is 0.974. The zero-order valence-electron chi connectivity index (χ0n) is 10.8. The molecule has 0 aliphatic carbocycles. The van der Waals surface area contributed by atoms with Crippen molar-refractivity contribution >= 4 is 40.9 Å². The third-order valence-electron chi connectivity index (χ3n) is 2.43. The van der Waals surface area contributed by atoms with E-state index in [9.17, 15) is 14.0 Å². The van der Waals surface area contributed by atoms with E-state index in [1.807, 2.05) is 0 Å². The molecule has 2 amide bonds. The first-order chi connectivity index (χ1) is 9.22. The summed E-state index contributed by atoms with van der Waals surface area (Å²) in [6.07, 6.45) is 0. The summed E-state index contributed by atoms with van der Waals surface area (Å²) in [6.45, 7) is 2.85. The van der Waals surface area contributed by atoms with E-state index in [-0.39, 0.29) is 21.8 Å². The highest BCUT2D eigenvalue weighted by atomic mass is 35.5. The minimum Gasteiger partial charge on any atom is -0.480 e. The Morgan fingerprint density at radius 2 is 1.85 bits per heavy atom. The van der Waals surface area contributed by atoms with Gasteiger partial charge in [-0.3, -0.25) is 4.79 Å². The minimum absolute atomic E-state index is 0.0378. The van der Waals surface area contributed by atoms with Gasteiger partial charge in [0.2, 0.25) is 0 Å². The van der Waals surface area contributed by atoms with E-state index in [0.29, 0.717) is 0 Å². The topological polar surface area (TPSA) is 69.6 Å². The standard InChI is InChI=1S/C12H13Cl2FN2O3/c1-6(2)17(5-10(18)19)12(20)16-11-8(13)3-7(15)4-9(11)14/h3-4,6H,5H2,1-2H3,(H,16,20)(H,18,19). The molecule has 1 aromatic rings. The van der Waals surface area contributed by atoms with E-state index in [1.54, 1.807) is 13.8 Å². The lowest BCUT2D eigenvalue weighted by Gasteiger charge is -2.25. The molecule has 0 saturated carbocycles. The van der Waals surface area contributed by atoms with Crippen molar-refractivity contribution in [2.24, 2.45) is 0 Å². The molecule has 0 bridgehead atoms. The summed E-state index contributed by atoms with van der Waals surface area (Å²) in [5.74, 6) is -1.78. The molecule has 0 heterocycles. The average Bonchev–Trinajstić information content (AvgIpc) is 2.29. The van der Waals surface area contributed by atoms with Gasteiger partial charge < -0.3 is 15.3 Å². The number of benzene rings is 1. The number of carboxylic acid groups (broad SMARTS) is 1. The van der Waals surface area contributed by atoms with Crippen molar-refractivity contribution < 1.29 is 19.1 Å². The molecule has 1 aromatic carbocycles. The van der Waals surface area contributed by atoms with Crippen molar-refractivity contribution in [2.45, 2.75) is 19.9 Å². The molecule has 0 radical (unpaired) electrons. The van der Waals surface area contributed by atoms with Gasteiger partial charge in [-0.05, 0) is 26.0 Å². The summed E-state index contributed by atoms with van der Waals surface area (Å²) < 4.78 is 13.0. The third kappa shape index (κ3) is 4.25. The lowest BCUT2D eigenvalue weighted by molar-refractivity contribution is -0.137. The fourth-order valence-electron chi connectivity index (χ4n) is 1.47. The van der Waals surface area contributed by atoms with Crippen LogP contribution in [0.3, 0.4) is 0 Å². The van der Waals surface area contributed by atoms with Crippen LogP contribution < -0.4 is 5.32 Å². The van der Waals surface area contributed by atoms with Gasteiger partial charge in [-0.2, -0.15) is 0 Å². The Balaban J connectivity index is 2.97. The van der Waals surface area contributed by atoms with Crippen LogP contribution in [-0.4, -0.2) is 34.6 Å². The summed E-state index contributed by atoms with van der Waals surface area (Å²) in [7, 11) is 0. The number of carbonyl (C=O) groups excluding carboxylic acids is 1. The highest BCUT2D eigenvalue weighted by Gasteiger charge is 2.21. The van der Waals surface area contributed by atoms with Crippen molar-refractivity contribution in [2.75, 3.05) is 11.9 Å². The quantitative estimate of drug-likeness (QED) is 0.891. The first kappa shape index (κ1) is 16.5. The lowest BCUT2D eigenvalue weighted by Crippen LogP contribution is -2.43. The number of nitrogens with one attached hydrogen (secondary N) is 1. The molecule has 0 spiro atoms. The second-order valence-corrected chi connectivity index (χ2v) is 5.10. The minimum atomic E-state index is -1.15. The van der Waals surface area contributed by atoms with Gasteiger partial charge in [-0.15, -0.1) is 0 Å². The first-order valence-electron chi connectivity index (χ1n) is 5.66. The molecular formula is C12H13Cl2FN2O3. The molecule has 0 fully saturated rings. The van der Waals surface area contributed by atoms with Crippen molar-refractivity contribution in [1.29, 1.82) is 0 Å². The SMILES string of the molecule is CC(C)N(CC(=O)O)C(=O)Nc1c(Cl)cc(F)cc1Cl. The number of hydrogen-bond acceptors (Lipinski definition) is 2. The molecule has 1 rings (SSSR count). The van der Waals surface area contributed by atoms with Crippen molar-refractivity contribution in [3.05, 3.63) is 28.0 Å². The van der Waals surface area contributed by atoms with Crippen LogP contribution in [0.5, 0.6) is 0 Å². The Kier molecular flexibility index (Phi) is 5.59. The largest absolute Gasteiger partial charge is 0.480 e. The van der Waals surface area contributed by atoms with Crippen molar-refractivity contribution in [1.82, 2.24) is 4.90 Å². The van der Waals surface area contributed by atoms with Crippen LogP contribution in [0, 0.1) is 5.82 Å². The predicted octanol–water partition coefficient (Wildman–Crippen LogP) is 3.46. The lowest BCUT2D eigenvalue weighted by atomic mass is 10.3. The highest BCUT2D eigenvalue weighted by Crippen LogP contribution is 2.31. The van der Waals surface area contributed by atoms with E-state index >= 15 is 0 Å². The van der Waals surface area contributed by atoms with Crippen LogP contribution in [0.2, 0.25) is 10.0 Å². The van der Waals surface area contributed by atoms with Gasteiger partial charge in [0, 0.05) is 6.04 Å². The predicted molar refractivity (Wildman–Crippen MR) is 74.9 cm³/mol. The molecule has 0 atom stereocenters. The molecule has 8 heteroatoms. The first-order valence-corrected chi connectivity index (χ1v) is 6.42. The zero-order valence-corrected chi connectivity index (χ0v) is 12.3. The number of aliphatic carboxylic acids is 1. The van der Waals surface area contributed by atoms with Crippen LogP contribution >= 0.6 is 23.2 Å². The summed E-state index contributed by atoms with van der Waals surface area (Å²) in [5, 5.41) is 11.0. The second-order valence-electron chi connectivity index (χ2n) is 4.29. The van der Waals surface area contributed by atoms with Crippen LogP contribution in [0.15, 0.2) is 12.1 Å². The van der Waals surface area contributed by atoms with Gasteiger partial charge in [0.25, 0.3) is 0 Å². The van der Waals surface area contributed by atoms with E-state index in [0.717, 1.165) is 17.0 Å². The fraction of sp³-hybridized carbons (Fsp3) is 0.333. The molecule has 0 saturated heterocycles. The van der Waals surface area contributed by atoms with Crippen LogP contribution in [0.1, 0.15) is 13.8 Å². The smallest absolute Gasteiger partial charge is 0.323 e. The van der Waals surface area contributed by atoms with E-state index in [1.165, 1.54) is 0 Å². The van der Waals surface area contributed by atoms with Crippen LogP contribution in [-0.2, 0) is 4.79 Å². The number of hydrogen-bond donors (Lipinski definition) is 2. The molecule has 5 nitrogen and oxygen atoms in total. The van der Waals surface area contributed by atoms with Gasteiger partial charge in [-0.1, -0.05) is 23.2 Å². The Hall–Kier alpha value is -1.53. The van der Waals surface area contributed by atoms with Gasteiger partial charge in [0.05, 0.1) is 15.7 Å². The molecule has 2 N–H and O–H groups in total. The number of anilines is 1. The van der Waals surface area contributed by atoms with Gasteiger partial charge in [0.1, 0.15) is 12.4 Å². The normalized spacial score (nSPS) is 10.5. The van der Waals surface area contributed by atoms with E-state index in [4.69, 9.17) is 28.3 Å². The Morgan fingerprint density at radius 1 is 1.35 bits per heavy atom. The van der Waals surface area contributed by atoms with Gasteiger partial charge in [-0.25, -0.2) is 9.18 Å². The summed E-state index contributed by atoms with van der Waals surface area (Å²) in [4.78, 5) is 23.8. The molecule has 0 unspecified atom stereocenters. The van der Waals surface area contributed by atoms with E-state index in [2.05, 4.69) is 5.32 Å². The monoisotopic (exact) mass is 322 g/mol. The average molecular weight is 323 g/mol. The molecule has 110 valence electrons. The maximum absolute atomic E-state index is 13.0. The highest BCUT2D eigenvalue weighted by molar-refractivity contribution is 6.39. The van der Waals surface area contributed by atoms with E-state index < -0.39 is 24.4 Å². The number of amides is 2. The summed E-state index contributed by atoms with van der Waals surface area (Å²) >= 11 is 11.6. The van der Waals surface area contributed by atoms with Crippen molar-refractivity contribution in [3.63, 3.8) is 0 Å². The van der Waals surface area contributed by atoms with Crippen molar-refractivity contribution in [3.8, 4) is 0 Å². The molecule has 20 heavy (non-hydrogen) atoms. The maximum Gasteiger partial charge on any atom is 0.323 e. The molecular weight excluding hydrogens is 310 g/mol.